The molecule has 1 aromatic heterocycles. The summed E-state index contributed by atoms with van der Waals surface area (Å²) in [5.74, 6) is 1.57. The fourth-order valence-electron chi connectivity index (χ4n) is 6.04. The maximum atomic E-state index is 12.8. The third kappa shape index (κ3) is 3.66. The summed E-state index contributed by atoms with van der Waals surface area (Å²) in [5.41, 5.74) is 2.24. The maximum absolute atomic E-state index is 12.8. The highest BCUT2D eigenvalue weighted by Crippen LogP contribution is 2.42. The number of likely N-dealkylation sites (N-methyl/N-ethyl adjacent to an activating group) is 1. The molecule has 29 heavy (non-hydrogen) atoms. The van der Waals surface area contributed by atoms with E-state index in [-0.39, 0.29) is 0 Å². The topological polar surface area (TPSA) is 39.7 Å². The first-order chi connectivity index (χ1) is 14.1. The molecule has 2 aromatic rings. The third-order valence-corrected chi connectivity index (χ3v) is 7.17. The van der Waals surface area contributed by atoms with Gasteiger partial charge in [0.25, 0.3) is 0 Å². The standard InChI is InChI=1S/C24H32N4O/c1-26(2)16-23-19-12-18(22-8-5-9-24(29)28(22)23)13-27(14-19)15-20-11-10-17-6-3-4-7-21(17)25-20/h3-4,6-7,10-11,18-19,22-23H,5,8-9,12-16H2,1-2H3/t18-,19+,22+,23+/m1/s1. The first-order valence-electron chi connectivity index (χ1n) is 11.1. The van der Waals surface area contributed by atoms with Gasteiger partial charge in [-0.2, -0.15) is 0 Å². The van der Waals surface area contributed by atoms with Crippen LogP contribution < -0.4 is 0 Å². The molecule has 1 aromatic carbocycles. The van der Waals surface area contributed by atoms with Crippen molar-refractivity contribution < 1.29 is 4.79 Å². The fourth-order valence-corrected chi connectivity index (χ4v) is 6.04. The highest BCUT2D eigenvalue weighted by Gasteiger charge is 2.49. The number of amides is 1. The van der Waals surface area contributed by atoms with Crippen molar-refractivity contribution in [2.24, 2.45) is 11.8 Å². The number of benzene rings is 1. The van der Waals surface area contributed by atoms with Gasteiger partial charge in [0.15, 0.2) is 0 Å². The van der Waals surface area contributed by atoms with Gasteiger partial charge in [0.2, 0.25) is 5.91 Å². The Morgan fingerprint density at radius 3 is 2.79 bits per heavy atom. The van der Waals surface area contributed by atoms with Crippen molar-refractivity contribution in [3.63, 3.8) is 0 Å². The highest BCUT2D eigenvalue weighted by atomic mass is 16.2. The number of fused-ring (bicyclic) bond motifs is 5. The lowest BCUT2D eigenvalue weighted by Crippen LogP contribution is -2.66. The number of rotatable bonds is 4. The number of carbonyl (C=O) groups excluding carboxylic acids is 1. The molecule has 0 unspecified atom stereocenters. The van der Waals surface area contributed by atoms with E-state index in [1.807, 2.05) is 0 Å². The average Bonchev–Trinajstić information content (AvgIpc) is 2.71. The first-order valence-corrected chi connectivity index (χ1v) is 11.1. The number of hydrogen-bond acceptors (Lipinski definition) is 4. The predicted octanol–water partition coefficient (Wildman–Crippen LogP) is 3.00. The zero-order valence-electron chi connectivity index (χ0n) is 17.6. The van der Waals surface area contributed by atoms with Gasteiger partial charge in [0.05, 0.1) is 11.2 Å². The summed E-state index contributed by atoms with van der Waals surface area (Å²) in [5, 5.41) is 1.20. The van der Waals surface area contributed by atoms with Crippen LogP contribution in [0.3, 0.4) is 0 Å². The number of carbonyl (C=O) groups is 1. The number of para-hydroxylation sites is 1. The van der Waals surface area contributed by atoms with Gasteiger partial charge < -0.3 is 9.80 Å². The number of pyridine rings is 1. The normalized spacial score (nSPS) is 30.0. The van der Waals surface area contributed by atoms with Crippen molar-refractivity contribution >= 4 is 16.8 Å². The largest absolute Gasteiger partial charge is 0.335 e. The molecular formula is C24H32N4O. The lowest BCUT2D eigenvalue weighted by molar-refractivity contribution is -0.153. The molecule has 5 heteroatoms. The van der Waals surface area contributed by atoms with Crippen LogP contribution in [0.25, 0.3) is 10.9 Å². The molecule has 0 radical (unpaired) electrons. The first kappa shape index (κ1) is 19.0. The summed E-state index contributed by atoms with van der Waals surface area (Å²) < 4.78 is 0. The van der Waals surface area contributed by atoms with Crippen LogP contribution in [-0.2, 0) is 11.3 Å². The van der Waals surface area contributed by atoms with Crippen LogP contribution in [0.1, 0.15) is 31.4 Å². The summed E-state index contributed by atoms with van der Waals surface area (Å²) in [6.45, 7) is 4.04. The number of aromatic nitrogens is 1. The number of nitrogens with zero attached hydrogens (tertiary/aromatic N) is 4. The molecule has 0 spiro atoms. The monoisotopic (exact) mass is 392 g/mol. The van der Waals surface area contributed by atoms with Crippen molar-refractivity contribution in [1.82, 2.24) is 19.7 Å². The minimum atomic E-state index is 0.353. The summed E-state index contributed by atoms with van der Waals surface area (Å²) in [4.78, 5) is 24.9. The highest BCUT2D eigenvalue weighted by molar-refractivity contribution is 5.78. The van der Waals surface area contributed by atoms with E-state index >= 15 is 0 Å². The lowest BCUT2D eigenvalue weighted by Gasteiger charge is -2.57. The Balaban J connectivity index is 1.38. The minimum absolute atomic E-state index is 0.353. The molecule has 4 heterocycles. The smallest absolute Gasteiger partial charge is 0.223 e. The van der Waals surface area contributed by atoms with Gasteiger partial charge in [-0.1, -0.05) is 24.3 Å². The van der Waals surface area contributed by atoms with Gasteiger partial charge in [-0.15, -0.1) is 0 Å². The fraction of sp³-hybridized carbons (Fsp3) is 0.583. The second-order valence-corrected chi connectivity index (χ2v) is 9.54. The van der Waals surface area contributed by atoms with Crippen LogP contribution in [0.2, 0.25) is 0 Å². The molecule has 3 aliphatic heterocycles. The molecule has 2 bridgehead atoms. The quantitative estimate of drug-likeness (QED) is 0.802. The summed E-state index contributed by atoms with van der Waals surface area (Å²) in [7, 11) is 4.27. The van der Waals surface area contributed by atoms with E-state index in [9.17, 15) is 4.79 Å². The van der Waals surface area contributed by atoms with E-state index in [1.54, 1.807) is 0 Å². The average molecular weight is 393 g/mol. The molecule has 3 aliphatic rings. The predicted molar refractivity (Wildman–Crippen MR) is 115 cm³/mol. The van der Waals surface area contributed by atoms with Gasteiger partial charge in [0.1, 0.15) is 0 Å². The molecule has 1 amide bonds. The second-order valence-electron chi connectivity index (χ2n) is 9.54. The molecule has 4 atom stereocenters. The van der Waals surface area contributed by atoms with E-state index in [4.69, 9.17) is 4.98 Å². The van der Waals surface area contributed by atoms with Gasteiger partial charge in [-0.3, -0.25) is 14.7 Å². The third-order valence-electron chi connectivity index (χ3n) is 7.17. The summed E-state index contributed by atoms with van der Waals surface area (Å²) >= 11 is 0. The summed E-state index contributed by atoms with van der Waals surface area (Å²) in [6, 6.07) is 13.5. The SMILES string of the molecule is CN(C)C[C@H]1[C@H]2C[C@H](CN(Cc3ccc4ccccc4n3)C2)[C@@H]2CCCC(=O)N21. The van der Waals surface area contributed by atoms with Gasteiger partial charge in [0, 0.05) is 50.1 Å². The molecule has 0 aliphatic carbocycles. The molecule has 5 rings (SSSR count). The Hall–Kier alpha value is -1.98. The maximum Gasteiger partial charge on any atom is 0.223 e. The van der Waals surface area contributed by atoms with E-state index in [2.05, 4.69) is 65.2 Å². The number of hydrogen-bond donors (Lipinski definition) is 0. The van der Waals surface area contributed by atoms with Crippen molar-refractivity contribution in [1.29, 1.82) is 0 Å². The Morgan fingerprint density at radius 2 is 1.93 bits per heavy atom. The number of piperidine rings is 3. The van der Waals surface area contributed by atoms with E-state index in [0.717, 1.165) is 50.2 Å². The van der Waals surface area contributed by atoms with Crippen LogP contribution in [-0.4, -0.2) is 71.4 Å². The van der Waals surface area contributed by atoms with Crippen LogP contribution >= 0.6 is 0 Å². The van der Waals surface area contributed by atoms with E-state index < -0.39 is 0 Å². The lowest BCUT2D eigenvalue weighted by atomic mass is 9.72. The molecule has 154 valence electrons. The molecule has 5 nitrogen and oxygen atoms in total. The molecular weight excluding hydrogens is 360 g/mol. The van der Waals surface area contributed by atoms with Crippen molar-refractivity contribution in [2.45, 2.75) is 44.3 Å². The Bertz CT molecular complexity index is 897. The molecule has 3 fully saturated rings. The Labute approximate surface area is 173 Å². The van der Waals surface area contributed by atoms with E-state index in [0.29, 0.717) is 29.8 Å². The van der Waals surface area contributed by atoms with Gasteiger partial charge in [-0.05, 0) is 57.3 Å². The van der Waals surface area contributed by atoms with E-state index in [1.165, 1.54) is 18.2 Å². The Kier molecular flexibility index (Phi) is 5.04. The van der Waals surface area contributed by atoms with Gasteiger partial charge >= 0.3 is 0 Å². The van der Waals surface area contributed by atoms with Crippen LogP contribution in [0, 0.1) is 11.8 Å². The van der Waals surface area contributed by atoms with Gasteiger partial charge in [-0.25, -0.2) is 0 Å². The second kappa shape index (κ2) is 7.69. The molecule has 3 saturated heterocycles. The van der Waals surface area contributed by atoms with Crippen LogP contribution in [0.5, 0.6) is 0 Å². The Morgan fingerprint density at radius 1 is 1.10 bits per heavy atom. The van der Waals surface area contributed by atoms with Crippen LogP contribution in [0.4, 0.5) is 0 Å². The van der Waals surface area contributed by atoms with Crippen molar-refractivity contribution in [3.8, 4) is 0 Å². The summed E-state index contributed by atoms with van der Waals surface area (Å²) in [6.07, 6.45) is 4.25. The zero-order chi connectivity index (χ0) is 20.0. The minimum Gasteiger partial charge on any atom is -0.335 e. The van der Waals surface area contributed by atoms with Crippen molar-refractivity contribution in [2.75, 3.05) is 33.7 Å². The van der Waals surface area contributed by atoms with Crippen molar-refractivity contribution in [3.05, 3.63) is 42.1 Å². The molecule has 0 saturated carbocycles. The molecule has 0 N–H and O–H groups in total. The number of likely N-dealkylation sites (tertiary alicyclic amines) is 1. The van der Waals surface area contributed by atoms with Crippen LogP contribution in [0.15, 0.2) is 36.4 Å². The zero-order valence-corrected chi connectivity index (χ0v) is 17.6.